The van der Waals surface area contributed by atoms with Gasteiger partial charge in [-0.15, -0.1) is 0 Å². The van der Waals surface area contributed by atoms with E-state index in [9.17, 15) is 10.1 Å². The van der Waals surface area contributed by atoms with E-state index in [1.54, 1.807) is 18.2 Å². The van der Waals surface area contributed by atoms with Crippen LogP contribution in [0.15, 0.2) is 41.1 Å². The largest absolute Gasteiger partial charge is 0.448 e. The number of aliphatic hydroxyl groups excluding tert-OH is 1. The van der Waals surface area contributed by atoms with E-state index in [0.29, 0.717) is 16.6 Å². The second-order valence-corrected chi connectivity index (χ2v) is 4.76. The lowest BCUT2D eigenvalue weighted by atomic mass is 10.1. The number of pyridine rings is 1. The second kappa shape index (κ2) is 6.44. The van der Waals surface area contributed by atoms with E-state index in [1.807, 2.05) is 6.07 Å². The van der Waals surface area contributed by atoms with Crippen molar-refractivity contribution in [3.8, 4) is 11.5 Å². The van der Waals surface area contributed by atoms with Crippen molar-refractivity contribution in [2.24, 2.45) is 0 Å². The van der Waals surface area contributed by atoms with Gasteiger partial charge < -0.3 is 9.84 Å². The Morgan fingerprint density at radius 3 is 2.80 bits per heavy atom. The van der Waals surface area contributed by atoms with Gasteiger partial charge in [0.05, 0.1) is 9.40 Å². The summed E-state index contributed by atoms with van der Waals surface area (Å²) in [7, 11) is 0. The fourth-order valence-electron chi connectivity index (χ4n) is 1.68. The van der Waals surface area contributed by atoms with Crippen LogP contribution in [0.3, 0.4) is 0 Å². The summed E-state index contributed by atoms with van der Waals surface area (Å²) < 4.78 is 6.04. The molecule has 0 aliphatic carbocycles. The second-order valence-electron chi connectivity index (χ2n) is 3.91. The minimum Gasteiger partial charge on any atom is -0.448 e. The molecular weight excluding hydrogens is 328 g/mol. The molecule has 0 radical (unpaired) electrons. The van der Waals surface area contributed by atoms with Gasteiger partial charge in [0.15, 0.2) is 0 Å². The highest BCUT2D eigenvalue weighted by Crippen LogP contribution is 2.38. The number of aliphatic hydroxyl groups is 1. The highest BCUT2D eigenvalue weighted by molar-refractivity contribution is 9.10. The van der Waals surface area contributed by atoms with Crippen LogP contribution < -0.4 is 4.74 Å². The topological polar surface area (TPSA) is 85.5 Å². The Kier molecular flexibility index (Phi) is 4.65. The summed E-state index contributed by atoms with van der Waals surface area (Å²) in [5.74, 6) is 0.562. The van der Waals surface area contributed by atoms with E-state index >= 15 is 0 Å². The Labute approximate surface area is 123 Å². The van der Waals surface area contributed by atoms with Gasteiger partial charge in [-0.2, -0.15) is 0 Å². The summed E-state index contributed by atoms with van der Waals surface area (Å²) in [5.41, 5.74) is 0.547. The van der Waals surface area contributed by atoms with Gasteiger partial charge in [0, 0.05) is 12.8 Å². The third-order valence-corrected chi connectivity index (χ3v) is 3.16. The predicted octanol–water partition coefficient (Wildman–Crippen LogP) is 3.08. The molecule has 6 nitrogen and oxygen atoms in total. The molecule has 7 heteroatoms. The lowest BCUT2D eigenvalue weighted by Crippen LogP contribution is -1.99. The molecule has 0 saturated heterocycles. The number of hydrogen-bond acceptors (Lipinski definition) is 5. The van der Waals surface area contributed by atoms with Crippen molar-refractivity contribution < 1.29 is 14.8 Å². The highest BCUT2D eigenvalue weighted by atomic mass is 79.9. The Morgan fingerprint density at radius 2 is 2.10 bits per heavy atom. The number of rotatable bonds is 5. The molecule has 0 unspecified atom stereocenters. The summed E-state index contributed by atoms with van der Waals surface area (Å²) >= 11 is 3.20. The first-order valence-electron chi connectivity index (χ1n) is 5.78. The van der Waals surface area contributed by atoms with Gasteiger partial charge in [-0.05, 0) is 34.0 Å². The van der Waals surface area contributed by atoms with Gasteiger partial charge in [-0.3, -0.25) is 15.1 Å². The van der Waals surface area contributed by atoms with Crippen LogP contribution in [0.2, 0.25) is 0 Å². The van der Waals surface area contributed by atoms with E-state index in [2.05, 4.69) is 20.9 Å². The Bertz CT molecular complexity index is 634. The first kappa shape index (κ1) is 14.4. The van der Waals surface area contributed by atoms with Crippen molar-refractivity contribution in [2.45, 2.75) is 6.42 Å². The molecule has 0 saturated carbocycles. The number of para-hydroxylation sites is 1. The smallest absolute Gasteiger partial charge is 0.330 e. The average molecular weight is 339 g/mol. The van der Waals surface area contributed by atoms with Crippen LogP contribution in [0, 0.1) is 10.1 Å². The Hall–Kier alpha value is -1.99. The molecule has 1 N–H and O–H groups in total. The Balaban J connectivity index is 2.42. The predicted molar refractivity (Wildman–Crippen MR) is 75.9 cm³/mol. The van der Waals surface area contributed by atoms with Crippen molar-refractivity contribution in [3.63, 3.8) is 0 Å². The van der Waals surface area contributed by atoms with Gasteiger partial charge in [0.1, 0.15) is 11.9 Å². The standard InChI is InChI=1S/C13H11BrN2O4/c14-10-7-15-8-11(16(18)19)13(10)20-12-4-2-1-3-9(12)5-6-17/h1-4,7-8,17H,5-6H2. The van der Waals surface area contributed by atoms with Crippen LogP contribution in [-0.2, 0) is 6.42 Å². The summed E-state index contributed by atoms with van der Waals surface area (Å²) in [4.78, 5) is 14.2. The molecule has 0 aliphatic heterocycles. The average Bonchev–Trinajstić information content (AvgIpc) is 2.43. The van der Waals surface area contributed by atoms with Crippen LogP contribution in [0.5, 0.6) is 11.5 Å². The molecular formula is C13H11BrN2O4. The summed E-state index contributed by atoms with van der Waals surface area (Å²) in [6, 6.07) is 7.07. The minimum absolute atomic E-state index is 0.0278. The maximum absolute atomic E-state index is 11.0. The normalized spacial score (nSPS) is 10.3. The van der Waals surface area contributed by atoms with Crippen molar-refractivity contribution >= 4 is 21.6 Å². The van der Waals surface area contributed by atoms with Crippen LogP contribution in [0.25, 0.3) is 0 Å². The van der Waals surface area contributed by atoms with Gasteiger partial charge in [0.25, 0.3) is 0 Å². The lowest BCUT2D eigenvalue weighted by Gasteiger charge is -2.11. The van der Waals surface area contributed by atoms with Crippen molar-refractivity contribution in [1.82, 2.24) is 4.98 Å². The van der Waals surface area contributed by atoms with E-state index < -0.39 is 4.92 Å². The number of ether oxygens (including phenoxy) is 1. The summed E-state index contributed by atoms with van der Waals surface area (Å²) in [6.07, 6.45) is 2.97. The van der Waals surface area contributed by atoms with Crippen LogP contribution >= 0.6 is 15.9 Å². The maximum Gasteiger partial charge on any atom is 0.330 e. The van der Waals surface area contributed by atoms with E-state index in [0.717, 1.165) is 11.8 Å². The number of hydrogen-bond donors (Lipinski definition) is 1. The summed E-state index contributed by atoms with van der Waals surface area (Å²) in [5, 5.41) is 20.0. The molecule has 2 aromatic rings. The number of benzene rings is 1. The quantitative estimate of drug-likeness (QED) is 0.668. The maximum atomic E-state index is 11.0. The molecule has 1 aromatic carbocycles. The minimum atomic E-state index is -0.554. The first-order chi connectivity index (χ1) is 9.63. The fourth-order valence-corrected chi connectivity index (χ4v) is 2.09. The van der Waals surface area contributed by atoms with Crippen LogP contribution in [-0.4, -0.2) is 21.6 Å². The first-order valence-corrected chi connectivity index (χ1v) is 6.57. The molecule has 0 fully saturated rings. The van der Waals surface area contributed by atoms with Gasteiger partial charge in [-0.1, -0.05) is 18.2 Å². The third kappa shape index (κ3) is 3.12. The molecule has 0 aliphatic rings. The van der Waals surface area contributed by atoms with Crippen molar-refractivity contribution in [1.29, 1.82) is 0 Å². The molecule has 2 rings (SSSR count). The number of nitrogens with zero attached hydrogens (tertiary/aromatic N) is 2. The molecule has 20 heavy (non-hydrogen) atoms. The lowest BCUT2D eigenvalue weighted by molar-refractivity contribution is -0.386. The van der Waals surface area contributed by atoms with Crippen molar-refractivity contribution in [3.05, 3.63) is 56.8 Å². The number of halogens is 1. The molecule has 1 heterocycles. The van der Waals surface area contributed by atoms with Gasteiger partial charge in [-0.25, -0.2) is 0 Å². The number of aromatic nitrogens is 1. The zero-order valence-electron chi connectivity index (χ0n) is 10.3. The molecule has 0 bridgehead atoms. The van der Waals surface area contributed by atoms with Crippen molar-refractivity contribution in [2.75, 3.05) is 6.61 Å². The third-order valence-electron chi connectivity index (χ3n) is 2.60. The monoisotopic (exact) mass is 338 g/mol. The molecule has 1 aromatic heterocycles. The van der Waals surface area contributed by atoms with Gasteiger partial charge >= 0.3 is 5.69 Å². The zero-order valence-corrected chi connectivity index (χ0v) is 11.9. The van der Waals surface area contributed by atoms with E-state index in [4.69, 9.17) is 9.84 Å². The fraction of sp³-hybridized carbons (Fsp3) is 0.154. The van der Waals surface area contributed by atoms with Gasteiger partial charge in [0.2, 0.25) is 5.75 Å². The SMILES string of the molecule is O=[N+]([O-])c1cncc(Br)c1Oc1ccccc1CCO. The molecule has 0 atom stereocenters. The Morgan fingerprint density at radius 1 is 1.35 bits per heavy atom. The van der Waals surface area contributed by atoms with E-state index in [-0.39, 0.29) is 18.0 Å². The molecule has 0 spiro atoms. The highest BCUT2D eigenvalue weighted by Gasteiger charge is 2.20. The molecule has 104 valence electrons. The number of nitro groups is 1. The summed E-state index contributed by atoms with van der Waals surface area (Å²) in [6.45, 7) is -0.0278. The van der Waals surface area contributed by atoms with E-state index in [1.165, 1.54) is 6.20 Å². The zero-order chi connectivity index (χ0) is 14.5. The molecule has 0 amide bonds. The van der Waals surface area contributed by atoms with Crippen LogP contribution in [0.1, 0.15) is 5.56 Å². The van der Waals surface area contributed by atoms with Crippen LogP contribution in [0.4, 0.5) is 5.69 Å².